The summed E-state index contributed by atoms with van der Waals surface area (Å²) < 4.78 is 7.48. The average Bonchev–Trinajstić information content (AvgIpc) is 3.29. The molecule has 4 aromatic rings. The SMILES string of the molecule is CCCC(NC(=O)c1c(-c2ccc(OC)c(C)c2)nc(-c2ccccc2)n1CC)c1ccccc1. The number of carbonyl (C=O) groups is 1. The van der Waals surface area contributed by atoms with Crippen LogP contribution in [-0.4, -0.2) is 22.6 Å². The summed E-state index contributed by atoms with van der Waals surface area (Å²) >= 11 is 0. The average molecular weight is 468 g/mol. The van der Waals surface area contributed by atoms with Gasteiger partial charge < -0.3 is 14.6 Å². The van der Waals surface area contributed by atoms with Crippen molar-refractivity contribution >= 4 is 5.91 Å². The molecule has 0 aliphatic rings. The lowest BCUT2D eigenvalue weighted by molar-refractivity contribution is 0.0926. The highest BCUT2D eigenvalue weighted by Crippen LogP contribution is 2.33. The second-order valence-corrected chi connectivity index (χ2v) is 8.65. The first kappa shape index (κ1) is 24.3. The van der Waals surface area contributed by atoms with E-state index in [2.05, 4.69) is 31.3 Å². The molecule has 180 valence electrons. The van der Waals surface area contributed by atoms with Crippen LogP contribution in [0.15, 0.2) is 78.9 Å². The van der Waals surface area contributed by atoms with Crippen LogP contribution in [0.3, 0.4) is 0 Å². The van der Waals surface area contributed by atoms with Crippen LogP contribution in [0.5, 0.6) is 5.75 Å². The summed E-state index contributed by atoms with van der Waals surface area (Å²) in [6.07, 6.45) is 1.82. The van der Waals surface area contributed by atoms with E-state index >= 15 is 0 Å². The van der Waals surface area contributed by atoms with Gasteiger partial charge in [0, 0.05) is 17.7 Å². The topological polar surface area (TPSA) is 56.1 Å². The summed E-state index contributed by atoms with van der Waals surface area (Å²) in [4.78, 5) is 19.0. The highest BCUT2D eigenvalue weighted by molar-refractivity contribution is 6.00. The number of nitrogens with zero attached hydrogens (tertiary/aromatic N) is 2. The molecule has 35 heavy (non-hydrogen) atoms. The lowest BCUT2D eigenvalue weighted by atomic mass is 10.0. The highest BCUT2D eigenvalue weighted by atomic mass is 16.5. The number of carbonyl (C=O) groups excluding carboxylic acids is 1. The van der Waals surface area contributed by atoms with Crippen molar-refractivity contribution in [2.75, 3.05) is 7.11 Å². The molecule has 0 aliphatic heterocycles. The number of imidazole rings is 1. The Hall–Kier alpha value is -3.86. The van der Waals surface area contributed by atoms with Crippen molar-refractivity contribution in [1.82, 2.24) is 14.9 Å². The van der Waals surface area contributed by atoms with Crippen molar-refractivity contribution < 1.29 is 9.53 Å². The van der Waals surface area contributed by atoms with E-state index in [4.69, 9.17) is 9.72 Å². The Balaban J connectivity index is 1.84. The van der Waals surface area contributed by atoms with Crippen LogP contribution in [0.1, 0.15) is 54.3 Å². The molecule has 0 spiro atoms. The third-order valence-corrected chi connectivity index (χ3v) is 6.28. The van der Waals surface area contributed by atoms with Crippen LogP contribution in [0.4, 0.5) is 0 Å². The zero-order chi connectivity index (χ0) is 24.8. The fourth-order valence-electron chi connectivity index (χ4n) is 4.55. The molecule has 3 aromatic carbocycles. The number of aromatic nitrogens is 2. The van der Waals surface area contributed by atoms with Gasteiger partial charge in [-0.05, 0) is 49.6 Å². The van der Waals surface area contributed by atoms with Crippen LogP contribution in [0.25, 0.3) is 22.6 Å². The molecule has 1 unspecified atom stereocenters. The number of aryl methyl sites for hydroxylation is 1. The van der Waals surface area contributed by atoms with Crippen LogP contribution < -0.4 is 10.1 Å². The van der Waals surface area contributed by atoms with E-state index < -0.39 is 0 Å². The van der Waals surface area contributed by atoms with Crippen molar-refractivity contribution in [3.05, 3.63) is 95.7 Å². The van der Waals surface area contributed by atoms with Crippen LogP contribution >= 0.6 is 0 Å². The number of methoxy groups -OCH3 is 1. The van der Waals surface area contributed by atoms with E-state index in [0.29, 0.717) is 17.9 Å². The van der Waals surface area contributed by atoms with Gasteiger partial charge in [0.1, 0.15) is 23.0 Å². The maximum atomic E-state index is 13.9. The monoisotopic (exact) mass is 467 g/mol. The van der Waals surface area contributed by atoms with Gasteiger partial charge in [-0.2, -0.15) is 0 Å². The molecule has 0 saturated carbocycles. The van der Waals surface area contributed by atoms with E-state index in [-0.39, 0.29) is 11.9 Å². The summed E-state index contributed by atoms with van der Waals surface area (Å²) in [6.45, 7) is 6.81. The molecule has 1 atom stereocenters. The van der Waals surface area contributed by atoms with Gasteiger partial charge in [-0.3, -0.25) is 4.79 Å². The van der Waals surface area contributed by atoms with Crippen molar-refractivity contribution in [3.8, 4) is 28.4 Å². The van der Waals surface area contributed by atoms with Crippen molar-refractivity contribution in [3.63, 3.8) is 0 Å². The summed E-state index contributed by atoms with van der Waals surface area (Å²) in [7, 11) is 1.66. The standard InChI is InChI=1S/C30H33N3O2/c1-5-13-25(22-14-9-7-10-15-22)31-30(34)28-27(24-18-19-26(35-4)21(3)20-24)32-29(33(28)6-2)23-16-11-8-12-17-23/h7-12,14-20,25H,5-6,13H2,1-4H3,(H,31,34). The largest absolute Gasteiger partial charge is 0.496 e. The second-order valence-electron chi connectivity index (χ2n) is 8.65. The molecule has 5 heteroatoms. The molecule has 5 nitrogen and oxygen atoms in total. The highest BCUT2D eigenvalue weighted by Gasteiger charge is 2.26. The molecule has 0 saturated heterocycles. The Morgan fingerprint density at radius 3 is 2.26 bits per heavy atom. The Morgan fingerprint density at radius 1 is 0.971 bits per heavy atom. The quantitative estimate of drug-likeness (QED) is 0.294. The van der Waals surface area contributed by atoms with Crippen LogP contribution in [0.2, 0.25) is 0 Å². The number of hydrogen-bond donors (Lipinski definition) is 1. The molecule has 4 rings (SSSR count). The second kappa shape index (κ2) is 11.0. The molecule has 0 radical (unpaired) electrons. The van der Waals surface area contributed by atoms with E-state index in [0.717, 1.165) is 46.7 Å². The molecular weight excluding hydrogens is 434 g/mol. The number of hydrogen-bond acceptors (Lipinski definition) is 3. The first-order valence-corrected chi connectivity index (χ1v) is 12.2. The molecule has 0 bridgehead atoms. The lowest BCUT2D eigenvalue weighted by Gasteiger charge is -2.20. The fraction of sp³-hybridized carbons (Fsp3) is 0.267. The Bertz CT molecular complexity index is 1280. The molecule has 1 heterocycles. The van der Waals surface area contributed by atoms with Gasteiger partial charge in [-0.15, -0.1) is 0 Å². The van der Waals surface area contributed by atoms with Gasteiger partial charge in [0.15, 0.2) is 0 Å². The molecule has 0 fully saturated rings. The summed E-state index contributed by atoms with van der Waals surface area (Å²) in [5, 5.41) is 3.31. The predicted molar refractivity (Wildman–Crippen MR) is 142 cm³/mol. The number of rotatable bonds is 9. The van der Waals surface area contributed by atoms with Gasteiger partial charge in [0.2, 0.25) is 0 Å². The minimum atomic E-state index is -0.118. The van der Waals surface area contributed by atoms with Crippen LogP contribution in [-0.2, 0) is 6.54 Å². The first-order chi connectivity index (χ1) is 17.1. The van der Waals surface area contributed by atoms with E-state index in [1.54, 1.807) is 7.11 Å². The molecular formula is C30H33N3O2. The normalized spacial score (nSPS) is 11.8. The molecule has 1 amide bonds. The Kier molecular flexibility index (Phi) is 7.66. The van der Waals surface area contributed by atoms with Gasteiger partial charge in [0.25, 0.3) is 5.91 Å². The van der Waals surface area contributed by atoms with Gasteiger partial charge in [0.05, 0.1) is 13.2 Å². The summed E-state index contributed by atoms with van der Waals surface area (Å²) in [6, 6.07) is 26.1. The maximum Gasteiger partial charge on any atom is 0.270 e. The Labute approximate surface area is 207 Å². The first-order valence-electron chi connectivity index (χ1n) is 12.2. The summed E-state index contributed by atoms with van der Waals surface area (Å²) in [5.41, 5.74) is 5.23. The minimum absolute atomic E-state index is 0.0699. The minimum Gasteiger partial charge on any atom is -0.496 e. The van der Waals surface area contributed by atoms with E-state index in [1.807, 2.05) is 78.2 Å². The zero-order valence-electron chi connectivity index (χ0n) is 20.9. The van der Waals surface area contributed by atoms with Crippen molar-refractivity contribution in [1.29, 1.82) is 0 Å². The van der Waals surface area contributed by atoms with Crippen LogP contribution in [0, 0.1) is 6.92 Å². The maximum absolute atomic E-state index is 13.9. The third kappa shape index (κ3) is 5.14. The zero-order valence-corrected chi connectivity index (χ0v) is 20.9. The van der Waals surface area contributed by atoms with Crippen molar-refractivity contribution in [2.24, 2.45) is 0 Å². The Morgan fingerprint density at radius 2 is 1.66 bits per heavy atom. The smallest absolute Gasteiger partial charge is 0.270 e. The number of nitrogens with one attached hydrogen (secondary N) is 1. The van der Waals surface area contributed by atoms with Gasteiger partial charge >= 0.3 is 0 Å². The van der Waals surface area contributed by atoms with Crippen molar-refractivity contribution in [2.45, 2.75) is 46.2 Å². The molecule has 0 aliphatic carbocycles. The number of benzene rings is 3. The number of ether oxygens (including phenoxy) is 1. The van der Waals surface area contributed by atoms with Gasteiger partial charge in [-0.25, -0.2) is 4.98 Å². The molecule has 1 aromatic heterocycles. The third-order valence-electron chi connectivity index (χ3n) is 6.28. The predicted octanol–water partition coefficient (Wildman–Crippen LogP) is 6.83. The molecule has 1 N–H and O–H groups in total. The van der Waals surface area contributed by atoms with E-state index in [9.17, 15) is 4.79 Å². The lowest BCUT2D eigenvalue weighted by Crippen LogP contribution is -2.30. The van der Waals surface area contributed by atoms with E-state index in [1.165, 1.54) is 0 Å². The fourth-order valence-corrected chi connectivity index (χ4v) is 4.55. The van der Waals surface area contributed by atoms with Gasteiger partial charge in [-0.1, -0.05) is 74.0 Å². The number of amides is 1. The summed E-state index contributed by atoms with van der Waals surface area (Å²) in [5.74, 6) is 1.48.